The van der Waals surface area contributed by atoms with Crippen molar-refractivity contribution < 1.29 is 4.79 Å². The molecule has 1 aliphatic rings. The predicted molar refractivity (Wildman–Crippen MR) is 132 cm³/mol. The van der Waals surface area contributed by atoms with Crippen LogP contribution in [0.5, 0.6) is 0 Å². The molecule has 0 aliphatic heterocycles. The molecule has 0 spiro atoms. The molecule has 5 heteroatoms. The summed E-state index contributed by atoms with van der Waals surface area (Å²) in [5.41, 5.74) is 6.78. The number of aromatic nitrogens is 1. The van der Waals surface area contributed by atoms with Gasteiger partial charge in [0, 0.05) is 17.7 Å². The lowest BCUT2D eigenvalue weighted by atomic mass is 9.94. The number of nitrogens with one attached hydrogen (secondary N) is 1. The van der Waals surface area contributed by atoms with Gasteiger partial charge in [0.15, 0.2) is 0 Å². The maximum Gasteiger partial charge on any atom is 0.249 e. The van der Waals surface area contributed by atoms with E-state index in [1.807, 2.05) is 53.9 Å². The van der Waals surface area contributed by atoms with Crippen molar-refractivity contribution in [2.24, 2.45) is 0 Å². The lowest BCUT2D eigenvalue weighted by Crippen LogP contribution is -2.26. The van der Waals surface area contributed by atoms with E-state index in [9.17, 15) is 4.79 Å². The summed E-state index contributed by atoms with van der Waals surface area (Å²) in [7, 11) is 0. The van der Waals surface area contributed by atoms with Crippen LogP contribution in [-0.4, -0.2) is 10.9 Å². The van der Waals surface area contributed by atoms with Gasteiger partial charge >= 0.3 is 0 Å². The van der Waals surface area contributed by atoms with E-state index in [0.717, 1.165) is 33.0 Å². The molecule has 3 nitrogen and oxygen atoms in total. The fraction of sp³-hybridized carbons (Fsp3) is 0.111. The van der Waals surface area contributed by atoms with Crippen molar-refractivity contribution in [1.82, 2.24) is 10.3 Å². The highest BCUT2D eigenvalue weighted by Gasteiger charge is 2.24. The monoisotopic (exact) mass is 456 g/mol. The van der Waals surface area contributed by atoms with Gasteiger partial charge in [0.2, 0.25) is 5.91 Å². The third kappa shape index (κ3) is 4.24. The number of nitrogens with zero attached hydrogens (tertiary/aromatic N) is 1. The summed E-state index contributed by atoms with van der Waals surface area (Å²) in [6, 6.07) is 26.5. The van der Waals surface area contributed by atoms with Gasteiger partial charge in [-0.1, -0.05) is 72.3 Å². The zero-order valence-corrected chi connectivity index (χ0v) is 18.9. The van der Waals surface area contributed by atoms with Crippen molar-refractivity contribution in [1.29, 1.82) is 0 Å². The Morgan fingerprint density at radius 3 is 2.44 bits per heavy atom. The fourth-order valence-electron chi connectivity index (χ4n) is 3.92. The quantitative estimate of drug-likeness (QED) is 0.363. The Labute approximate surface area is 196 Å². The van der Waals surface area contributed by atoms with Crippen molar-refractivity contribution in [2.45, 2.75) is 19.4 Å². The molecule has 1 amide bonds. The molecule has 0 unspecified atom stereocenters. The van der Waals surface area contributed by atoms with Crippen molar-refractivity contribution in [3.05, 3.63) is 107 Å². The zero-order valence-electron chi connectivity index (χ0n) is 17.3. The maximum atomic E-state index is 12.9. The highest BCUT2D eigenvalue weighted by molar-refractivity contribution is 7.13. The van der Waals surface area contributed by atoms with E-state index in [1.165, 1.54) is 5.56 Å². The first kappa shape index (κ1) is 20.7. The van der Waals surface area contributed by atoms with E-state index in [4.69, 9.17) is 16.6 Å². The minimum Gasteiger partial charge on any atom is -0.348 e. The van der Waals surface area contributed by atoms with Crippen LogP contribution in [0.1, 0.15) is 23.2 Å². The Balaban J connectivity index is 1.28. The van der Waals surface area contributed by atoms with Crippen molar-refractivity contribution >= 4 is 33.9 Å². The molecule has 158 valence electrons. The molecule has 4 aromatic rings. The Bertz CT molecular complexity index is 1280. The molecule has 0 atom stereocenters. The number of carbonyl (C=O) groups excluding carboxylic acids is 1. The number of carbonyl (C=O) groups is 1. The van der Waals surface area contributed by atoms with Gasteiger partial charge in [0.1, 0.15) is 0 Å². The average molecular weight is 457 g/mol. The second-order valence-corrected chi connectivity index (χ2v) is 9.03. The number of hydrogen-bond donors (Lipinski definition) is 1. The first-order valence-corrected chi connectivity index (χ1v) is 11.8. The molecule has 2 aromatic carbocycles. The number of halogens is 1. The minimum absolute atomic E-state index is 0.116. The summed E-state index contributed by atoms with van der Waals surface area (Å²) < 4.78 is 0. The summed E-state index contributed by atoms with van der Waals surface area (Å²) in [5, 5.41) is 5.57. The van der Waals surface area contributed by atoms with Crippen LogP contribution in [0.4, 0.5) is 0 Å². The number of pyridine rings is 1. The SMILES string of the molecule is O=C(NCc1ccc(-c2ccccc2)cc1)C1=C(Cl)c2ccc(-c3cccs3)nc2CC1. The van der Waals surface area contributed by atoms with Crippen LogP contribution in [0.3, 0.4) is 0 Å². The molecule has 0 radical (unpaired) electrons. The van der Waals surface area contributed by atoms with Gasteiger partial charge in [0.25, 0.3) is 0 Å². The second-order valence-electron chi connectivity index (χ2n) is 7.71. The van der Waals surface area contributed by atoms with E-state index in [-0.39, 0.29) is 5.91 Å². The zero-order chi connectivity index (χ0) is 21.9. The van der Waals surface area contributed by atoms with Gasteiger partial charge in [-0.25, -0.2) is 0 Å². The van der Waals surface area contributed by atoms with Crippen LogP contribution in [0.2, 0.25) is 0 Å². The summed E-state index contributed by atoms with van der Waals surface area (Å²) in [6.45, 7) is 0.462. The topological polar surface area (TPSA) is 42.0 Å². The number of fused-ring (bicyclic) bond motifs is 1. The molecule has 0 fully saturated rings. The standard InChI is InChI=1S/C27H21ClN2OS/c28-26-21-12-15-24(25-7-4-16-32-25)30-23(21)14-13-22(26)27(31)29-17-18-8-10-20(11-9-18)19-5-2-1-3-6-19/h1-12,15-16H,13-14,17H2,(H,29,31). The predicted octanol–water partition coefficient (Wildman–Crippen LogP) is 6.69. The van der Waals surface area contributed by atoms with Gasteiger partial charge in [-0.15, -0.1) is 11.3 Å². The Morgan fingerprint density at radius 2 is 1.69 bits per heavy atom. The van der Waals surface area contributed by atoms with Crippen LogP contribution in [0.15, 0.2) is 89.8 Å². The number of aryl methyl sites for hydroxylation is 1. The van der Waals surface area contributed by atoms with Crippen LogP contribution < -0.4 is 5.32 Å². The molecule has 0 saturated heterocycles. The lowest BCUT2D eigenvalue weighted by Gasteiger charge is -2.19. The third-order valence-corrected chi connectivity index (χ3v) is 6.97. The molecule has 2 aromatic heterocycles. The first-order chi connectivity index (χ1) is 15.7. The van der Waals surface area contributed by atoms with Gasteiger partial charge in [-0.3, -0.25) is 9.78 Å². The molecular formula is C27H21ClN2OS. The van der Waals surface area contributed by atoms with Gasteiger partial charge in [-0.05, 0) is 53.1 Å². The summed E-state index contributed by atoms with van der Waals surface area (Å²) in [4.78, 5) is 18.8. The Hall–Kier alpha value is -3.21. The maximum absolute atomic E-state index is 12.9. The summed E-state index contributed by atoms with van der Waals surface area (Å²) in [6.07, 6.45) is 1.30. The third-order valence-electron chi connectivity index (χ3n) is 5.65. The lowest BCUT2D eigenvalue weighted by molar-refractivity contribution is -0.117. The Morgan fingerprint density at radius 1 is 0.906 bits per heavy atom. The molecule has 2 heterocycles. The number of thiophene rings is 1. The van der Waals surface area contributed by atoms with E-state index in [1.54, 1.807) is 11.3 Å². The van der Waals surface area contributed by atoms with E-state index < -0.39 is 0 Å². The molecule has 32 heavy (non-hydrogen) atoms. The first-order valence-electron chi connectivity index (χ1n) is 10.5. The van der Waals surface area contributed by atoms with Crippen LogP contribution in [-0.2, 0) is 17.8 Å². The molecule has 0 saturated carbocycles. The fourth-order valence-corrected chi connectivity index (χ4v) is 4.96. The van der Waals surface area contributed by atoms with Gasteiger partial charge in [0.05, 0.1) is 21.3 Å². The molecule has 0 bridgehead atoms. The van der Waals surface area contributed by atoms with E-state index >= 15 is 0 Å². The second kappa shape index (κ2) is 9.11. The van der Waals surface area contributed by atoms with Crippen LogP contribution >= 0.6 is 22.9 Å². The normalized spacial score (nSPS) is 13.0. The van der Waals surface area contributed by atoms with Gasteiger partial charge < -0.3 is 5.32 Å². The molecule has 5 rings (SSSR count). The van der Waals surface area contributed by atoms with Crippen LogP contribution in [0, 0.1) is 0 Å². The van der Waals surface area contributed by atoms with Crippen LogP contribution in [0.25, 0.3) is 26.7 Å². The number of hydrogen-bond acceptors (Lipinski definition) is 3. The van der Waals surface area contributed by atoms with Gasteiger partial charge in [-0.2, -0.15) is 0 Å². The summed E-state index contributed by atoms with van der Waals surface area (Å²) in [5.74, 6) is -0.116. The smallest absolute Gasteiger partial charge is 0.249 e. The minimum atomic E-state index is -0.116. The highest BCUT2D eigenvalue weighted by atomic mass is 35.5. The summed E-state index contributed by atoms with van der Waals surface area (Å²) >= 11 is 8.30. The number of benzene rings is 2. The average Bonchev–Trinajstić information content (AvgIpc) is 3.39. The largest absolute Gasteiger partial charge is 0.348 e. The number of rotatable bonds is 5. The van der Waals surface area contributed by atoms with Crippen molar-refractivity contribution in [3.63, 3.8) is 0 Å². The molecular weight excluding hydrogens is 436 g/mol. The van der Waals surface area contributed by atoms with Crippen molar-refractivity contribution in [3.8, 4) is 21.7 Å². The molecule has 1 aliphatic carbocycles. The van der Waals surface area contributed by atoms with Crippen molar-refractivity contribution in [2.75, 3.05) is 0 Å². The Kier molecular flexibility index (Phi) is 5.89. The number of amides is 1. The van der Waals surface area contributed by atoms with E-state index in [2.05, 4.69) is 35.6 Å². The van der Waals surface area contributed by atoms with E-state index in [0.29, 0.717) is 30.0 Å². The molecule has 1 N–H and O–H groups in total. The highest BCUT2D eigenvalue weighted by Crippen LogP contribution is 2.35.